The minimum absolute atomic E-state index is 0.0479. The van der Waals surface area contributed by atoms with Crippen molar-refractivity contribution in [1.82, 2.24) is 0 Å². The molecule has 0 atom stereocenters. The van der Waals surface area contributed by atoms with E-state index in [0.717, 1.165) is 22.3 Å². The van der Waals surface area contributed by atoms with E-state index in [1.807, 2.05) is 67.6 Å². The molecule has 128 valence electrons. The van der Waals surface area contributed by atoms with Crippen LogP contribution in [0, 0.1) is 18.3 Å². The Labute approximate surface area is 153 Å². The molecule has 3 heteroatoms. The van der Waals surface area contributed by atoms with Crippen LogP contribution in [-0.2, 0) is 11.2 Å². The van der Waals surface area contributed by atoms with E-state index >= 15 is 0 Å². The molecule has 0 bridgehead atoms. The minimum Gasteiger partial charge on any atom is -0.486 e. The van der Waals surface area contributed by atoms with Crippen molar-refractivity contribution >= 4 is 5.78 Å². The average molecular weight is 341 g/mol. The van der Waals surface area contributed by atoms with Gasteiger partial charge in [-0.2, -0.15) is 5.26 Å². The molecule has 0 fully saturated rings. The van der Waals surface area contributed by atoms with E-state index in [2.05, 4.69) is 6.07 Å². The first-order valence-electron chi connectivity index (χ1n) is 8.45. The number of aryl methyl sites for hydroxylation is 1. The van der Waals surface area contributed by atoms with Crippen LogP contribution in [0.2, 0.25) is 0 Å². The average Bonchev–Trinajstić information content (AvgIpc) is 2.67. The van der Waals surface area contributed by atoms with Gasteiger partial charge in [0.05, 0.1) is 11.6 Å². The maximum Gasteiger partial charge on any atom is 0.174 e. The van der Waals surface area contributed by atoms with Gasteiger partial charge in [0.2, 0.25) is 0 Å². The third kappa shape index (κ3) is 4.58. The van der Waals surface area contributed by atoms with Crippen molar-refractivity contribution in [3.05, 3.63) is 89.5 Å². The van der Waals surface area contributed by atoms with Crippen LogP contribution in [-0.4, -0.2) is 12.4 Å². The van der Waals surface area contributed by atoms with Gasteiger partial charge in [0.1, 0.15) is 12.4 Å². The smallest absolute Gasteiger partial charge is 0.174 e. The summed E-state index contributed by atoms with van der Waals surface area (Å²) >= 11 is 0. The summed E-state index contributed by atoms with van der Waals surface area (Å²) in [6.07, 6.45) is 0.380. The van der Waals surface area contributed by atoms with Gasteiger partial charge in [-0.25, -0.2) is 0 Å². The zero-order valence-corrected chi connectivity index (χ0v) is 14.6. The van der Waals surface area contributed by atoms with Gasteiger partial charge in [-0.05, 0) is 47.9 Å². The minimum atomic E-state index is 0.0479. The molecule has 0 N–H and O–H groups in total. The van der Waals surface area contributed by atoms with Crippen LogP contribution in [0.4, 0.5) is 0 Å². The number of nitriles is 1. The summed E-state index contributed by atoms with van der Waals surface area (Å²) in [5, 5.41) is 8.85. The second-order valence-corrected chi connectivity index (χ2v) is 6.21. The highest BCUT2D eigenvalue weighted by molar-refractivity contribution is 5.82. The molecule has 0 aliphatic heterocycles. The first kappa shape index (κ1) is 17.4. The number of ether oxygens (including phenoxy) is 1. The molecule has 0 aliphatic carbocycles. The summed E-state index contributed by atoms with van der Waals surface area (Å²) in [5.41, 5.74) is 4.87. The van der Waals surface area contributed by atoms with Crippen LogP contribution < -0.4 is 4.74 Å². The van der Waals surface area contributed by atoms with Crippen molar-refractivity contribution in [1.29, 1.82) is 5.26 Å². The third-order valence-corrected chi connectivity index (χ3v) is 4.09. The van der Waals surface area contributed by atoms with Gasteiger partial charge in [-0.15, -0.1) is 0 Å². The SMILES string of the molecule is Cc1cccc(CC(=O)COc2ccc(-c3ccc(C#N)cc3)cc2)c1. The van der Waals surface area contributed by atoms with E-state index in [1.54, 1.807) is 12.1 Å². The van der Waals surface area contributed by atoms with Crippen molar-refractivity contribution in [2.75, 3.05) is 6.61 Å². The molecule has 3 rings (SSSR count). The highest BCUT2D eigenvalue weighted by atomic mass is 16.5. The monoisotopic (exact) mass is 341 g/mol. The lowest BCUT2D eigenvalue weighted by Gasteiger charge is -2.08. The standard InChI is InChI=1S/C23H19NO2/c1-17-3-2-4-19(13-17)14-22(25)16-26-23-11-9-21(10-12-23)20-7-5-18(15-24)6-8-20/h2-13H,14,16H2,1H3. The van der Waals surface area contributed by atoms with E-state index in [1.165, 1.54) is 0 Å². The van der Waals surface area contributed by atoms with Crippen LogP contribution in [0.5, 0.6) is 5.75 Å². The van der Waals surface area contributed by atoms with Crippen molar-refractivity contribution in [2.45, 2.75) is 13.3 Å². The van der Waals surface area contributed by atoms with Crippen molar-refractivity contribution in [3.63, 3.8) is 0 Å². The largest absolute Gasteiger partial charge is 0.486 e. The number of benzene rings is 3. The molecule has 0 radical (unpaired) electrons. The molecule has 0 spiro atoms. The summed E-state index contributed by atoms with van der Waals surface area (Å²) in [6, 6.07) is 25.1. The fraction of sp³-hybridized carbons (Fsp3) is 0.130. The van der Waals surface area contributed by atoms with Crippen LogP contribution >= 0.6 is 0 Å². The van der Waals surface area contributed by atoms with Crippen molar-refractivity contribution in [2.24, 2.45) is 0 Å². The zero-order valence-electron chi connectivity index (χ0n) is 14.6. The number of carbonyl (C=O) groups is 1. The molecule has 0 saturated heterocycles. The highest BCUT2D eigenvalue weighted by Gasteiger charge is 2.06. The van der Waals surface area contributed by atoms with E-state index in [4.69, 9.17) is 10.00 Å². The summed E-state index contributed by atoms with van der Waals surface area (Å²) in [4.78, 5) is 12.1. The molecular weight excluding hydrogens is 322 g/mol. The number of nitrogens with zero attached hydrogens (tertiary/aromatic N) is 1. The highest BCUT2D eigenvalue weighted by Crippen LogP contribution is 2.22. The number of hydrogen-bond donors (Lipinski definition) is 0. The molecule has 3 nitrogen and oxygen atoms in total. The molecule has 0 aromatic heterocycles. The summed E-state index contributed by atoms with van der Waals surface area (Å²) in [5.74, 6) is 0.715. The van der Waals surface area contributed by atoms with Crippen molar-refractivity contribution < 1.29 is 9.53 Å². The van der Waals surface area contributed by atoms with Crippen LogP contribution in [0.25, 0.3) is 11.1 Å². The molecule has 0 unspecified atom stereocenters. The lowest BCUT2D eigenvalue weighted by atomic mass is 10.0. The van der Waals surface area contributed by atoms with Gasteiger partial charge in [0.15, 0.2) is 5.78 Å². The van der Waals surface area contributed by atoms with E-state index in [0.29, 0.717) is 17.7 Å². The Morgan fingerprint density at radius 2 is 1.62 bits per heavy atom. The topological polar surface area (TPSA) is 50.1 Å². The molecule has 3 aromatic carbocycles. The Bertz CT molecular complexity index is 935. The number of Topliss-reactive ketones (excluding diaryl/α,β-unsaturated/α-hetero) is 1. The zero-order chi connectivity index (χ0) is 18.4. The Morgan fingerprint density at radius 1 is 0.962 bits per heavy atom. The Kier molecular flexibility index (Phi) is 5.46. The molecule has 26 heavy (non-hydrogen) atoms. The molecule has 0 amide bonds. The number of ketones is 1. The predicted molar refractivity (Wildman–Crippen MR) is 102 cm³/mol. The third-order valence-electron chi connectivity index (χ3n) is 4.09. The fourth-order valence-corrected chi connectivity index (χ4v) is 2.75. The first-order chi connectivity index (χ1) is 12.6. The number of rotatable bonds is 6. The molecular formula is C23H19NO2. The fourth-order valence-electron chi connectivity index (χ4n) is 2.75. The molecule has 0 aliphatic rings. The van der Waals surface area contributed by atoms with Gasteiger partial charge in [-0.1, -0.05) is 54.1 Å². The number of hydrogen-bond acceptors (Lipinski definition) is 3. The van der Waals surface area contributed by atoms with Gasteiger partial charge in [0, 0.05) is 6.42 Å². The van der Waals surface area contributed by atoms with Gasteiger partial charge < -0.3 is 4.74 Å². The van der Waals surface area contributed by atoms with Crippen LogP contribution in [0.15, 0.2) is 72.8 Å². The summed E-state index contributed by atoms with van der Waals surface area (Å²) in [7, 11) is 0. The van der Waals surface area contributed by atoms with Gasteiger partial charge in [0.25, 0.3) is 0 Å². The van der Waals surface area contributed by atoms with E-state index in [9.17, 15) is 4.79 Å². The van der Waals surface area contributed by atoms with E-state index in [-0.39, 0.29) is 12.4 Å². The second-order valence-electron chi connectivity index (χ2n) is 6.21. The lowest BCUT2D eigenvalue weighted by Crippen LogP contribution is -2.13. The predicted octanol–water partition coefficient (Wildman–Crippen LogP) is 4.72. The molecule has 0 heterocycles. The normalized spacial score (nSPS) is 10.2. The quantitative estimate of drug-likeness (QED) is 0.651. The van der Waals surface area contributed by atoms with Crippen LogP contribution in [0.1, 0.15) is 16.7 Å². The summed E-state index contributed by atoms with van der Waals surface area (Å²) < 4.78 is 5.61. The Hall–Kier alpha value is -3.38. The second kappa shape index (κ2) is 8.13. The Morgan fingerprint density at radius 3 is 2.23 bits per heavy atom. The van der Waals surface area contributed by atoms with Gasteiger partial charge >= 0.3 is 0 Å². The number of carbonyl (C=O) groups excluding carboxylic acids is 1. The molecule has 0 saturated carbocycles. The van der Waals surface area contributed by atoms with Crippen molar-refractivity contribution in [3.8, 4) is 22.9 Å². The first-order valence-corrected chi connectivity index (χ1v) is 8.45. The Balaban J connectivity index is 1.57. The van der Waals surface area contributed by atoms with Crippen LogP contribution in [0.3, 0.4) is 0 Å². The summed E-state index contributed by atoms with van der Waals surface area (Å²) in [6.45, 7) is 2.07. The maximum atomic E-state index is 12.1. The molecule has 3 aromatic rings. The van der Waals surface area contributed by atoms with Gasteiger partial charge in [-0.3, -0.25) is 4.79 Å². The lowest BCUT2D eigenvalue weighted by molar-refractivity contribution is -0.120. The van der Waals surface area contributed by atoms with E-state index < -0.39 is 0 Å². The maximum absolute atomic E-state index is 12.1.